The Kier molecular flexibility index (Phi) is 5.38. The van der Waals surface area contributed by atoms with Gasteiger partial charge in [-0.1, -0.05) is 26.0 Å². The second-order valence-electron chi connectivity index (χ2n) is 6.31. The van der Waals surface area contributed by atoms with Gasteiger partial charge in [0.15, 0.2) is 11.5 Å². The van der Waals surface area contributed by atoms with Gasteiger partial charge in [0, 0.05) is 6.54 Å². The van der Waals surface area contributed by atoms with Crippen molar-refractivity contribution in [1.29, 1.82) is 0 Å². The summed E-state index contributed by atoms with van der Waals surface area (Å²) in [6.45, 7) is 6.59. The Morgan fingerprint density at radius 1 is 1.12 bits per heavy atom. The molecule has 0 aliphatic carbocycles. The van der Waals surface area contributed by atoms with E-state index in [9.17, 15) is 8.42 Å². The maximum absolute atomic E-state index is 12.9. The van der Waals surface area contributed by atoms with Crippen LogP contribution in [0.3, 0.4) is 0 Å². The minimum atomic E-state index is -3.73. The normalized spacial score (nSPS) is 13.2. The molecule has 0 saturated carbocycles. The van der Waals surface area contributed by atoms with Gasteiger partial charge in [0.05, 0.1) is 6.61 Å². The molecule has 26 heavy (non-hydrogen) atoms. The van der Waals surface area contributed by atoms with Gasteiger partial charge >= 0.3 is 0 Å². The van der Waals surface area contributed by atoms with Gasteiger partial charge in [-0.15, -0.1) is 0 Å². The molecule has 0 spiro atoms. The van der Waals surface area contributed by atoms with Crippen LogP contribution in [0.5, 0.6) is 17.2 Å². The topological polar surface area (TPSA) is 73.9 Å². The Morgan fingerprint density at radius 3 is 2.62 bits per heavy atom. The maximum atomic E-state index is 12.9. The van der Waals surface area contributed by atoms with Crippen molar-refractivity contribution in [2.24, 2.45) is 0 Å². The molecule has 0 bridgehead atoms. The van der Waals surface area contributed by atoms with Crippen LogP contribution < -0.4 is 18.9 Å². The average molecular weight is 377 g/mol. The number of nitrogens with one attached hydrogen (secondary N) is 1. The summed E-state index contributed by atoms with van der Waals surface area (Å²) in [6, 6.07) is 10.7. The minimum absolute atomic E-state index is 0.149. The Hall–Kier alpha value is -2.25. The van der Waals surface area contributed by atoms with Crippen molar-refractivity contribution in [3.8, 4) is 17.2 Å². The predicted molar refractivity (Wildman–Crippen MR) is 98.3 cm³/mol. The van der Waals surface area contributed by atoms with Gasteiger partial charge in [-0.3, -0.25) is 0 Å². The van der Waals surface area contributed by atoms with Gasteiger partial charge in [0.2, 0.25) is 16.8 Å². The molecule has 7 heteroatoms. The van der Waals surface area contributed by atoms with Crippen LogP contribution in [0.15, 0.2) is 41.3 Å². The third kappa shape index (κ3) is 3.94. The first-order chi connectivity index (χ1) is 12.4. The van der Waals surface area contributed by atoms with Crippen molar-refractivity contribution in [1.82, 2.24) is 4.72 Å². The summed E-state index contributed by atoms with van der Waals surface area (Å²) in [7, 11) is -3.73. The summed E-state index contributed by atoms with van der Waals surface area (Å²) in [4.78, 5) is 0.159. The summed E-state index contributed by atoms with van der Waals surface area (Å²) in [5.74, 6) is 1.86. The van der Waals surface area contributed by atoms with E-state index in [2.05, 4.69) is 4.72 Å². The van der Waals surface area contributed by atoms with Gasteiger partial charge in [-0.2, -0.15) is 0 Å². The van der Waals surface area contributed by atoms with Crippen molar-refractivity contribution in [2.45, 2.75) is 38.1 Å². The Morgan fingerprint density at radius 2 is 1.88 bits per heavy atom. The zero-order valence-corrected chi connectivity index (χ0v) is 15.9. The first-order valence-corrected chi connectivity index (χ1v) is 10.0. The fourth-order valence-corrected chi connectivity index (χ4v) is 3.87. The van der Waals surface area contributed by atoms with E-state index in [4.69, 9.17) is 14.2 Å². The van der Waals surface area contributed by atoms with Crippen LogP contribution in [0.4, 0.5) is 0 Å². The SMILES string of the molecule is CCOc1ccc(C(C)C)cc1S(=O)(=O)NCc1ccc2c(c1)OCO2. The first-order valence-electron chi connectivity index (χ1n) is 8.55. The lowest BCUT2D eigenvalue weighted by atomic mass is 10.0. The molecule has 6 nitrogen and oxygen atoms in total. The zero-order chi connectivity index (χ0) is 18.7. The number of fused-ring (bicyclic) bond motifs is 1. The zero-order valence-electron chi connectivity index (χ0n) is 15.1. The Balaban J connectivity index is 1.84. The summed E-state index contributed by atoms with van der Waals surface area (Å²) in [6.07, 6.45) is 0. The van der Waals surface area contributed by atoms with E-state index in [1.165, 1.54) is 0 Å². The monoisotopic (exact) mass is 377 g/mol. The van der Waals surface area contributed by atoms with Crippen molar-refractivity contribution in [2.75, 3.05) is 13.4 Å². The van der Waals surface area contributed by atoms with Crippen LogP contribution in [0.2, 0.25) is 0 Å². The second kappa shape index (κ2) is 7.55. The molecule has 0 amide bonds. The standard InChI is InChI=1S/C19H23NO5S/c1-4-23-17-8-6-15(13(2)3)10-19(17)26(21,22)20-11-14-5-7-16-18(9-14)25-12-24-16/h5-10,13,20H,4,11-12H2,1-3H3. The fourth-order valence-electron chi connectivity index (χ4n) is 2.68. The van der Waals surface area contributed by atoms with Gasteiger partial charge in [0.1, 0.15) is 10.6 Å². The maximum Gasteiger partial charge on any atom is 0.244 e. The molecule has 2 aromatic rings. The molecule has 2 aromatic carbocycles. The largest absolute Gasteiger partial charge is 0.492 e. The summed E-state index contributed by atoms with van der Waals surface area (Å²) in [5.41, 5.74) is 1.73. The molecule has 1 aliphatic rings. The molecular formula is C19H23NO5S. The Bertz CT molecular complexity index is 893. The average Bonchev–Trinajstić information content (AvgIpc) is 3.08. The third-order valence-corrected chi connectivity index (χ3v) is 5.55. The van der Waals surface area contributed by atoms with Gasteiger partial charge in [0.25, 0.3) is 0 Å². The summed E-state index contributed by atoms with van der Waals surface area (Å²) >= 11 is 0. The van der Waals surface area contributed by atoms with Crippen molar-refractivity contribution in [3.63, 3.8) is 0 Å². The molecule has 0 unspecified atom stereocenters. The number of rotatable bonds is 7. The number of hydrogen-bond donors (Lipinski definition) is 1. The van der Waals surface area contributed by atoms with Crippen LogP contribution in [0.25, 0.3) is 0 Å². The van der Waals surface area contributed by atoms with Gasteiger partial charge < -0.3 is 14.2 Å². The van der Waals surface area contributed by atoms with E-state index in [0.29, 0.717) is 23.9 Å². The van der Waals surface area contributed by atoms with Gasteiger partial charge in [-0.25, -0.2) is 13.1 Å². The van der Waals surface area contributed by atoms with Crippen molar-refractivity contribution in [3.05, 3.63) is 47.5 Å². The van der Waals surface area contributed by atoms with E-state index in [1.807, 2.05) is 32.9 Å². The number of hydrogen-bond acceptors (Lipinski definition) is 5. The third-order valence-electron chi connectivity index (χ3n) is 4.13. The molecule has 1 N–H and O–H groups in total. The fraction of sp³-hybridized carbons (Fsp3) is 0.368. The first kappa shape index (κ1) is 18.5. The highest BCUT2D eigenvalue weighted by Crippen LogP contribution is 2.33. The predicted octanol–water partition coefficient (Wildman–Crippen LogP) is 3.42. The highest BCUT2D eigenvalue weighted by atomic mass is 32.2. The lowest BCUT2D eigenvalue weighted by molar-refractivity contribution is 0.174. The molecular weight excluding hydrogens is 354 g/mol. The second-order valence-corrected chi connectivity index (χ2v) is 8.04. The quantitative estimate of drug-likeness (QED) is 0.800. The van der Waals surface area contributed by atoms with Crippen LogP contribution >= 0.6 is 0 Å². The Labute approximate surface area is 154 Å². The molecule has 1 aliphatic heterocycles. The van der Waals surface area contributed by atoms with E-state index >= 15 is 0 Å². The minimum Gasteiger partial charge on any atom is -0.492 e. The van der Waals surface area contributed by atoms with E-state index < -0.39 is 10.0 Å². The molecule has 140 valence electrons. The molecule has 0 aromatic heterocycles. The van der Waals surface area contributed by atoms with E-state index in [-0.39, 0.29) is 24.2 Å². The van der Waals surface area contributed by atoms with Crippen LogP contribution in [-0.2, 0) is 16.6 Å². The number of benzene rings is 2. The molecule has 0 fully saturated rings. The highest BCUT2D eigenvalue weighted by Gasteiger charge is 2.21. The summed E-state index contributed by atoms with van der Waals surface area (Å²) < 4.78 is 44.5. The van der Waals surface area contributed by atoms with Gasteiger partial charge in [-0.05, 0) is 48.2 Å². The smallest absolute Gasteiger partial charge is 0.244 e. The van der Waals surface area contributed by atoms with Crippen LogP contribution in [-0.4, -0.2) is 21.8 Å². The van der Waals surface area contributed by atoms with Crippen molar-refractivity contribution < 1.29 is 22.6 Å². The molecule has 3 rings (SSSR count). The number of ether oxygens (including phenoxy) is 3. The molecule has 0 radical (unpaired) electrons. The highest BCUT2D eigenvalue weighted by molar-refractivity contribution is 7.89. The van der Waals surface area contributed by atoms with Crippen molar-refractivity contribution >= 4 is 10.0 Å². The van der Waals surface area contributed by atoms with Crippen LogP contribution in [0.1, 0.15) is 37.8 Å². The number of sulfonamides is 1. The molecule has 0 saturated heterocycles. The molecule has 0 atom stereocenters. The summed E-state index contributed by atoms with van der Waals surface area (Å²) in [5, 5.41) is 0. The van der Waals surface area contributed by atoms with E-state index in [1.54, 1.807) is 24.3 Å². The lowest BCUT2D eigenvalue weighted by Crippen LogP contribution is -2.24. The molecule has 1 heterocycles. The van der Waals surface area contributed by atoms with Crippen LogP contribution in [0, 0.1) is 0 Å². The van der Waals surface area contributed by atoms with E-state index in [0.717, 1.165) is 11.1 Å². The lowest BCUT2D eigenvalue weighted by Gasteiger charge is -2.15.